The molecule has 0 saturated heterocycles. The molecule has 0 aliphatic heterocycles. The molecule has 0 aliphatic carbocycles. The Morgan fingerprint density at radius 2 is 1.81 bits per heavy atom. The van der Waals surface area contributed by atoms with Crippen molar-refractivity contribution in [3.05, 3.63) is 34.9 Å². The van der Waals surface area contributed by atoms with E-state index in [1.807, 2.05) is 25.1 Å². The Labute approximate surface area is 130 Å². The predicted octanol–water partition coefficient (Wildman–Crippen LogP) is 1.54. The molecule has 1 N–H and O–H groups in total. The fourth-order valence-electron chi connectivity index (χ4n) is 1.86. The van der Waals surface area contributed by atoms with Gasteiger partial charge in [0.15, 0.2) is 0 Å². The van der Waals surface area contributed by atoms with Crippen molar-refractivity contribution >= 4 is 23.4 Å². The molecule has 2 amide bonds. The molecular formula is C15H22ClN3O2. The summed E-state index contributed by atoms with van der Waals surface area (Å²) in [5.74, 6) is -0.180. The lowest BCUT2D eigenvalue weighted by molar-refractivity contribution is -0.130. The Kier molecular flexibility index (Phi) is 6.65. The van der Waals surface area contributed by atoms with Crippen LogP contribution in [0.25, 0.3) is 0 Å². The molecule has 1 aromatic rings. The maximum absolute atomic E-state index is 12.0. The Morgan fingerprint density at radius 1 is 1.19 bits per heavy atom. The van der Waals surface area contributed by atoms with Crippen molar-refractivity contribution in [1.82, 2.24) is 15.1 Å². The van der Waals surface area contributed by atoms with Crippen LogP contribution in [0.2, 0.25) is 5.02 Å². The largest absolute Gasteiger partial charge is 0.348 e. The second-order valence-corrected chi connectivity index (χ2v) is 5.68. The van der Waals surface area contributed by atoms with E-state index in [2.05, 4.69) is 5.32 Å². The maximum Gasteiger partial charge on any atom is 0.236 e. The third-order valence-corrected chi connectivity index (χ3v) is 3.41. The third-order valence-electron chi connectivity index (χ3n) is 3.07. The standard InChI is InChI=1S/C15H22ClN3O2/c1-11(12-7-5-6-8-13(12)16)17-14(20)9-19(4)10-15(21)18(2)3/h5-8,11H,9-10H2,1-4H3,(H,17,20). The molecule has 116 valence electrons. The Morgan fingerprint density at radius 3 is 2.38 bits per heavy atom. The highest BCUT2D eigenvalue weighted by atomic mass is 35.5. The van der Waals surface area contributed by atoms with Crippen molar-refractivity contribution in [1.29, 1.82) is 0 Å². The van der Waals surface area contributed by atoms with E-state index in [1.165, 1.54) is 4.90 Å². The fourth-order valence-corrected chi connectivity index (χ4v) is 2.16. The van der Waals surface area contributed by atoms with Gasteiger partial charge in [0.2, 0.25) is 11.8 Å². The minimum Gasteiger partial charge on any atom is -0.348 e. The van der Waals surface area contributed by atoms with Crippen molar-refractivity contribution in [3.63, 3.8) is 0 Å². The summed E-state index contributed by atoms with van der Waals surface area (Å²) in [7, 11) is 5.12. The van der Waals surface area contributed by atoms with E-state index in [4.69, 9.17) is 11.6 Å². The molecule has 0 heterocycles. The molecule has 1 unspecified atom stereocenters. The Bertz CT molecular complexity index is 505. The minimum atomic E-state index is -0.177. The van der Waals surface area contributed by atoms with E-state index in [-0.39, 0.29) is 30.9 Å². The highest BCUT2D eigenvalue weighted by Gasteiger charge is 2.15. The van der Waals surface area contributed by atoms with Gasteiger partial charge < -0.3 is 10.2 Å². The number of halogens is 1. The molecule has 0 aromatic heterocycles. The first-order chi connectivity index (χ1) is 9.81. The Hall–Kier alpha value is -1.59. The van der Waals surface area contributed by atoms with Gasteiger partial charge in [-0.1, -0.05) is 29.8 Å². The van der Waals surface area contributed by atoms with Crippen molar-refractivity contribution in [2.24, 2.45) is 0 Å². The summed E-state index contributed by atoms with van der Waals surface area (Å²) in [6.45, 7) is 2.25. The molecule has 0 saturated carbocycles. The zero-order chi connectivity index (χ0) is 16.0. The van der Waals surface area contributed by atoms with Crippen LogP contribution in [-0.4, -0.2) is 55.8 Å². The number of rotatable bonds is 6. The first-order valence-electron chi connectivity index (χ1n) is 6.73. The zero-order valence-corrected chi connectivity index (χ0v) is 13.6. The van der Waals surface area contributed by atoms with Crippen LogP contribution in [0.4, 0.5) is 0 Å². The predicted molar refractivity (Wildman–Crippen MR) is 84.2 cm³/mol. The molecule has 0 bridgehead atoms. The number of carbonyl (C=O) groups is 2. The number of amides is 2. The SMILES string of the molecule is CC(NC(=O)CN(C)CC(=O)N(C)C)c1ccccc1Cl. The van der Waals surface area contributed by atoms with Crippen LogP contribution in [0.15, 0.2) is 24.3 Å². The minimum absolute atomic E-state index is 0.0375. The molecule has 0 fully saturated rings. The van der Waals surface area contributed by atoms with Gasteiger partial charge in [-0.15, -0.1) is 0 Å². The third kappa shape index (κ3) is 5.73. The van der Waals surface area contributed by atoms with Gasteiger partial charge in [0.05, 0.1) is 19.1 Å². The quantitative estimate of drug-likeness (QED) is 0.867. The van der Waals surface area contributed by atoms with Crippen LogP contribution in [0.5, 0.6) is 0 Å². The van der Waals surface area contributed by atoms with Crippen LogP contribution in [-0.2, 0) is 9.59 Å². The molecule has 21 heavy (non-hydrogen) atoms. The molecule has 1 aromatic carbocycles. The van der Waals surface area contributed by atoms with Gasteiger partial charge in [-0.25, -0.2) is 0 Å². The van der Waals surface area contributed by atoms with Gasteiger partial charge in [-0.05, 0) is 25.6 Å². The summed E-state index contributed by atoms with van der Waals surface area (Å²) in [6, 6.07) is 7.23. The van der Waals surface area contributed by atoms with Gasteiger partial charge in [-0.2, -0.15) is 0 Å². The lowest BCUT2D eigenvalue weighted by Crippen LogP contribution is -2.41. The molecule has 1 rings (SSSR count). The number of carbonyl (C=O) groups excluding carboxylic acids is 2. The van der Waals surface area contributed by atoms with E-state index < -0.39 is 0 Å². The molecule has 5 nitrogen and oxygen atoms in total. The molecule has 0 spiro atoms. The number of benzene rings is 1. The normalized spacial score (nSPS) is 12.1. The van der Waals surface area contributed by atoms with Gasteiger partial charge in [-0.3, -0.25) is 14.5 Å². The lowest BCUT2D eigenvalue weighted by Gasteiger charge is -2.20. The number of hydrogen-bond donors (Lipinski definition) is 1. The van der Waals surface area contributed by atoms with Crippen molar-refractivity contribution < 1.29 is 9.59 Å². The van der Waals surface area contributed by atoms with Gasteiger partial charge in [0, 0.05) is 19.1 Å². The number of nitrogens with zero attached hydrogens (tertiary/aromatic N) is 2. The number of hydrogen-bond acceptors (Lipinski definition) is 3. The van der Waals surface area contributed by atoms with E-state index in [9.17, 15) is 9.59 Å². The second-order valence-electron chi connectivity index (χ2n) is 5.27. The first-order valence-corrected chi connectivity index (χ1v) is 7.11. The van der Waals surface area contributed by atoms with Gasteiger partial charge >= 0.3 is 0 Å². The summed E-state index contributed by atoms with van der Waals surface area (Å²) in [5, 5.41) is 3.51. The molecule has 1 atom stereocenters. The first kappa shape index (κ1) is 17.5. The highest BCUT2D eigenvalue weighted by molar-refractivity contribution is 6.31. The van der Waals surface area contributed by atoms with E-state index in [1.54, 1.807) is 32.1 Å². The molecule has 6 heteroatoms. The van der Waals surface area contributed by atoms with Crippen LogP contribution in [0, 0.1) is 0 Å². The van der Waals surface area contributed by atoms with E-state index >= 15 is 0 Å². The van der Waals surface area contributed by atoms with Crippen LogP contribution < -0.4 is 5.32 Å². The number of nitrogens with one attached hydrogen (secondary N) is 1. The van der Waals surface area contributed by atoms with Crippen molar-refractivity contribution in [2.75, 3.05) is 34.2 Å². The summed E-state index contributed by atoms with van der Waals surface area (Å²) in [5.41, 5.74) is 0.875. The van der Waals surface area contributed by atoms with Crippen LogP contribution in [0.3, 0.4) is 0 Å². The number of likely N-dealkylation sites (N-methyl/N-ethyl adjacent to an activating group) is 2. The maximum atomic E-state index is 12.0. The van der Waals surface area contributed by atoms with Crippen molar-refractivity contribution in [3.8, 4) is 0 Å². The summed E-state index contributed by atoms with van der Waals surface area (Å²) < 4.78 is 0. The lowest BCUT2D eigenvalue weighted by atomic mass is 10.1. The van der Waals surface area contributed by atoms with Gasteiger partial charge in [0.25, 0.3) is 0 Å². The van der Waals surface area contributed by atoms with E-state index in [0.717, 1.165) is 5.56 Å². The molecule has 0 radical (unpaired) electrons. The van der Waals surface area contributed by atoms with Crippen LogP contribution >= 0.6 is 11.6 Å². The van der Waals surface area contributed by atoms with Crippen LogP contribution in [0.1, 0.15) is 18.5 Å². The topological polar surface area (TPSA) is 52.7 Å². The molecular weight excluding hydrogens is 290 g/mol. The highest BCUT2D eigenvalue weighted by Crippen LogP contribution is 2.21. The van der Waals surface area contributed by atoms with Crippen molar-refractivity contribution in [2.45, 2.75) is 13.0 Å². The fraction of sp³-hybridized carbons (Fsp3) is 0.467. The average molecular weight is 312 g/mol. The summed E-state index contributed by atoms with van der Waals surface area (Å²) >= 11 is 6.10. The Balaban J connectivity index is 2.50. The summed E-state index contributed by atoms with van der Waals surface area (Å²) in [4.78, 5) is 26.7. The second kappa shape index (κ2) is 8.00. The summed E-state index contributed by atoms with van der Waals surface area (Å²) in [6.07, 6.45) is 0. The van der Waals surface area contributed by atoms with E-state index in [0.29, 0.717) is 5.02 Å². The average Bonchev–Trinajstić information content (AvgIpc) is 2.38. The zero-order valence-electron chi connectivity index (χ0n) is 12.9. The smallest absolute Gasteiger partial charge is 0.236 e. The molecule has 0 aliphatic rings. The van der Waals surface area contributed by atoms with Gasteiger partial charge in [0.1, 0.15) is 0 Å². The monoisotopic (exact) mass is 311 g/mol.